The van der Waals surface area contributed by atoms with E-state index >= 15 is 0 Å². The van der Waals surface area contributed by atoms with Gasteiger partial charge in [0.25, 0.3) is 0 Å². The summed E-state index contributed by atoms with van der Waals surface area (Å²) in [6.45, 7) is 1.88. The second-order valence-corrected chi connectivity index (χ2v) is 3.14. The third-order valence-corrected chi connectivity index (χ3v) is 2.22. The van der Waals surface area contributed by atoms with Gasteiger partial charge in [-0.25, -0.2) is 4.79 Å². The van der Waals surface area contributed by atoms with Gasteiger partial charge >= 0.3 is 5.69 Å². The van der Waals surface area contributed by atoms with Gasteiger partial charge in [0.2, 0.25) is 0 Å². The third-order valence-electron chi connectivity index (χ3n) is 2.22. The van der Waals surface area contributed by atoms with Gasteiger partial charge in [0.1, 0.15) is 11.4 Å². The van der Waals surface area contributed by atoms with Crippen LogP contribution < -0.4 is 16.2 Å². The molecule has 1 aromatic heterocycles. The predicted octanol–water partition coefficient (Wildman–Crippen LogP) is 0.755. The number of rotatable bonds is 1. The van der Waals surface area contributed by atoms with Crippen LogP contribution in [0.1, 0.15) is 5.56 Å². The molecule has 5 nitrogen and oxygen atoms in total. The number of imidazole rings is 1. The highest BCUT2D eigenvalue weighted by atomic mass is 16.5. The number of benzene rings is 1. The van der Waals surface area contributed by atoms with Gasteiger partial charge in [-0.2, -0.15) is 0 Å². The van der Waals surface area contributed by atoms with Crippen LogP contribution in [0.25, 0.3) is 11.0 Å². The Bertz CT molecular complexity index is 539. The van der Waals surface area contributed by atoms with Gasteiger partial charge in [0.05, 0.1) is 18.1 Å². The highest BCUT2D eigenvalue weighted by Gasteiger charge is 2.10. The number of nitrogens with two attached hydrogens (primary N) is 1. The largest absolute Gasteiger partial charge is 0.495 e. The zero-order valence-electron chi connectivity index (χ0n) is 7.97. The summed E-state index contributed by atoms with van der Waals surface area (Å²) >= 11 is 0. The molecular weight excluding hydrogens is 182 g/mol. The van der Waals surface area contributed by atoms with Gasteiger partial charge in [-0.1, -0.05) is 0 Å². The Balaban J connectivity index is 2.93. The maximum absolute atomic E-state index is 11.1. The maximum Gasteiger partial charge on any atom is 0.323 e. The van der Waals surface area contributed by atoms with Gasteiger partial charge in [-0.3, -0.25) is 0 Å². The maximum atomic E-state index is 11.1. The molecule has 74 valence electrons. The van der Waals surface area contributed by atoms with Gasteiger partial charge in [0.15, 0.2) is 0 Å². The zero-order chi connectivity index (χ0) is 10.3. The summed E-state index contributed by atoms with van der Waals surface area (Å²) < 4.78 is 5.08. The van der Waals surface area contributed by atoms with Crippen LogP contribution in [0, 0.1) is 6.92 Å². The molecule has 2 rings (SSSR count). The first-order valence-corrected chi connectivity index (χ1v) is 4.18. The number of aryl methyl sites for hydroxylation is 1. The van der Waals surface area contributed by atoms with Gasteiger partial charge in [-0.15, -0.1) is 0 Å². The molecule has 1 aromatic carbocycles. The van der Waals surface area contributed by atoms with Crippen molar-refractivity contribution in [2.75, 3.05) is 12.8 Å². The molecule has 0 radical (unpaired) electrons. The lowest BCUT2D eigenvalue weighted by Crippen LogP contribution is -1.99. The summed E-state index contributed by atoms with van der Waals surface area (Å²) in [5, 5.41) is 0. The highest BCUT2D eigenvalue weighted by Crippen LogP contribution is 2.29. The average molecular weight is 193 g/mol. The lowest BCUT2D eigenvalue weighted by molar-refractivity contribution is 0.417. The average Bonchev–Trinajstić information content (AvgIpc) is 2.54. The lowest BCUT2D eigenvalue weighted by atomic mass is 10.1. The second-order valence-electron chi connectivity index (χ2n) is 3.14. The Morgan fingerprint density at radius 3 is 2.64 bits per heavy atom. The van der Waals surface area contributed by atoms with E-state index in [-0.39, 0.29) is 5.69 Å². The number of fused-ring (bicyclic) bond motifs is 1. The predicted molar refractivity (Wildman–Crippen MR) is 54.6 cm³/mol. The first kappa shape index (κ1) is 8.68. The Morgan fingerprint density at radius 1 is 1.36 bits per heavy atom. The van der Waals surface area contributed by atoms with E-state index in [2.05, 4.69) is 9.97 Å². The molecule has 2 aromatic rings. The van der Waals surface area contributed by atoms with Gasteiger partial charge in [0, 0.05) is 0 Å². The molecule has 0 aliphatic rings. The van der Waals surface area contributed by atoms with E-state index < -0.39 is 0 Å². The quantitative estimate of drug-likeness (QED) is 0.584. The Kier molecular flexibility index (Phi) is 1.73. The number of methoxy groups -OCH3 is 1. The fourth-order valence-electron chi connectivity index (χ4n) is 1.52. The number of hydrogen-bond donors (Lipinski definition) is 3. The fraction of sp³-hybridized carbons (Fsp3) is 0.222. The van der Waals surface area contributed by atoms with Crippen LogP contribution in [0.2, 0.25) is 0 Å². The number of anilines is 1. The number of ether oxygens (including phenoxy) is 1. The van der Waals surface area contributed by atoms with Crippen LogP contribution in [-0.2, 0) is 0 Å². The van der Waals surface area contributed by atoms with Crippen LogP contribution in [0.15, 0.2) is 10.9 Å². The highest BCUT2D eigenvalue weighted by molar-refractivity contribution is 5.92. The summed E-state index contributed by atoms with van der Waals surface area (Å²) in [7, 11) is 1.54. The van der Waals surface area contributed by atoms with Crippen molar-refractivity contribution in [3.63, 3.8) is 0 Å². The third kappa shape index (κ3) is 1.06. The molecule has 4 N–H and O–H groups in total. The number of nitrogen functional groups attached to an aromatic ring is 1. The standard InChI is InChI=1S/C9H11N3O2/c1-4-3-5(14-2)6(10)8-7(4)11-9(13)12-8/h3H,10H2,1-2H3,(H2,11,12,13). The number of nitrogens with one attached hydrogen (secondary N) is 2. The summed E-state index contributed by atoms with van der Waals surface area (Å²) in [6.07, 6.45) is 0. The molecule has 14 heavy (non-hydrogen) atoms. The Morgan fingerprint density at radius 2 is 2.00 bits per heavy atom. The summed E-state index contributed by atoms with van der Waals surface area (Å²) in [5.41, 5.74) is 8.24. The fourth-order valence-corrected chi connectivity index (χ4v) is 1.52. The SMILES string of the molecule is COc1cc(C)c2[nH]c(=O)[nH]c2c1N. The van der Waals surface area contributed by atoms with Crippen molar-refractivity contribution in [2.45, 2.75) is 6.92 Å². The number of aromatic nitrogens is 2. The molecule has 0 spiro atoms. The van der Waals surface area contributed by atoms with E-state index in [0.717, 1.165) is 11.1 Å². The smallest absolute Gasteiger partial charge is 0.323 e. The molecule has 0 atom stereocenters. The molecule has 5 heteroatoms. The minimum Gasteiger partial charge on any atom is -0.495 e. The van der Waals surface area contributed by atoms with Crippen LogP contribution in [0.4, 0.5) is 5.69 Å². The Hall–Kier alpha value is -1.91. The first-order valence-electron chi connectivity index (χ1n) is 4.18. The molecule has 0 aliphatic heterocycles. The normalized spacial score (nSPS) is 10.7. The summed E-state index contributed by atoms with van der Waals surface area (Å²) in [4.78, 5) is 16.4. The van der Waals surface area contributed by atoms with Crippen molar-refractivity contribution in [3.05, 3.63) is 22.1 Å². The van der Waals surface area contributed by atoms with E-state index in [1.165, 1.54) is 0 Å². The minimum atomic E-state index is -0.261. The summed E-state index contributed by atoms with van der Waals surface area (Å²) in [6, 6.07) is 1.79. The van der Waals surface area contributed by atoms with Crippen molar-refractivity contribution < 1.29 is 4.74 Å². The molecule has 0 saturated carbocycles. The van der Waals surface area contributed by atoms with Crippen molar-refractivity contribution in [1.29, 1.82) is 0 Å². The van der Waals surface area contributed by atoms with E-state index in [0.29, 0.717) is 17.0 Å². The molecule has 1 heterocycles. The van der Waals surface area contributed by atoms with Gasteiger partial charge in [-0.05, 0) is 18.6 Å². The van der Waals surface area contributed by atoms with Crippen molar-refractivity contribution in [2.24, 2.45) is 0 Å². The number of hydrogen-bond acceptors (Lipinski definition) is 3. The van der Waals surface area contributed by atoms with E-state index in [9.17, 15) is 4.79 Å². The van der Waals surface area contributed by atoms with E-state index in [1.54, 1.807) is 13.2 Å². The van der Waals surface area contributed by atoms with E-state index in [4.69, 9.17) is 10.5 Å². The molecule has 0 fully saturated rings. The minimum absolute atomic E-state index is 0.261. The van der Waals surface area contributed by atoms with Crippen LogP contribution >= 0.6 is 0 Å². The van der Waals surface area contributed by atoms with Crippen molar-refractivity contribution >= 4 is 16.7 Å². The molecule has 0 bridgehead atoms. The molecule has 0 unspecified atom stereocenters. The summed E-state index contributed by atoms with van der Waals surface area (Å²) in [5.74, 6) is 0.574. The van der Waals surface area contributed by atoms with Gasteiger partial charge < -0.3 is 20.4 Å². The second kappa shape index (κ2) is 2.80. The molecule has 0 amide bonds. The first-order chi connectivity index (χ1) is 6.63. The van der Waals surface area contributed by atoms with Crippen LogP contribution in [-0.4, -0.2) is 17.1 Å². The molecule has 0 saturated heterocycles. The topological polar surface area (TPSA) is 83.9 Å². The van der Waals surface area contributed by atoms with Crippen molar-refractivity contribution in [3.8, 4) is 5.75 Å². The lowest BCUT2D eigenvalue weighted by Gasteiger charge is -2.06. The molecule has 0 aliphatic carbocycles. The Labute approximate surface area is 79.9 Å². The van der Waals surface area contributed by atoms with Crippen LogP contribution in [0.3, 0.4) is 0 Å². The van der Waals surface area contributed by atoms with Crippen molar-refractivity contribution in [1.82, 2.24) is 9.97 Å². The van der Waals surface area contributed by atoms with E-state index in [1.807, 2.05) is 6.92 Å². The number of aromatic amines is 2. The number of H-pyrrole nitrogens is 2. The molecular formula is C9H11N3O2. The zero-order valence-corrected chi connectivity index (χ0v) is 7.97. The monoisotopic (exact) mass is 193 g/mol. The van der Waals surface area contributed by atoms with Crippen LogP contribution in [0.5, 0.6) is 5.75 Å².